The summed E-state index contributed by atoms with van der Waals surface area (Å²) in [5, 5.41) is 0. The van der Waals surface area contributed by atoms with Crippen LogP contribution in [-0.2, 0) is 11.0 Å². The lowest BCUT2D eigenvalue weighted by molar-refractivity contribution is 0.394. The van der Waals surface area contributed by atoms with Crippen molar-refractivity contribution in [2.45, 2.75) is 32.4 Å². The summed E-state index contributed by atoms with van der Waals surface area (Å²) in [5.74, 6) is 1.27. The smallest absolute Gasteiger partial charge is 0.145 e. The van der Waals surface area contributed by atoms with Crippen molar-refractivity contribution < 1.29 is 13.7 Å². The van der Waals surface area contributed by atoms with Gasteiger partial charge < -0.3 is 9.47 Å². The Morgan fingerprint density at radius 2 is 1.84 bits per heavy atom. The van der Waals surface area contributed by atoms with Gasteiger partial charge in [-0.1, -0.05) is 6.07 Å². The zero-order valence-corrected chi connectivity index (χ0v) is 16.3. The van der Waals surface area contributed by atoms with Gasteiger partial charge in [-0.15, -0.1) is 0 Å². The van der Waals surface area contributed by atoms with E-state index in [0.29, 0.717) is 22.9 Å². The Hall–Kier alpha value is -2.21. The molecule has 25 heavy (non-hydrogen) atoms. The van der Waals surface area contributed by atoms with Crippen molar-refractivity contribution >= 4 is 16.7 Å². The van der Waals surface area contributed by atoms with Gasteiger partial charge in [0, 0.05) is 17.3 Å². The van der Waals surface area contributed by atoms with Crippen LogP contribution >= 0.6 is 0 Å². The van der Waals surface area contributed by atoms with E-state index in [-0.39, 0.29) is 0 Å². The number of hydrogen-bond acceptors (Lipinski definition) is 4. The lowest BCUT2D eigenvalue weighted by Gasteiger charge is -2.17. The summed E-state index contributed by atoms with van der Waals surface area (Å²) in [6.07, 6.45) is 0. The molecule has 2 rings (SSSR count). The summed E-state index contributed by atoms with van der Waals surface area (Å²) in [6, 6.07) is 11.1. The van der Waals surface area contributed by atoms with Gasteiger partial charge in [0.05, 0.1) is 24.7 Å². The standard InChI is InChI=1S/C19H24N2O3S/c1-13-8-7-9-16(20-13)18(21-25(22)19(2,3)4)15-11-10-14(23-5)12-17(15)24-6/h7-12H,1-6H3/b21-18-. The quantitative estimate of drug-likeness (QED) is 0.763. The van der Waals surface area contributed by atoms with E-state index in [4.69, 9.17) is 9.47 Å². The maximum Gasteiger partial charge on any atom is 0.145 e. The average molecular weight is 360 g/mol. The third kappa shape index (κ3) is 4.66. The highest BCUT2D eigenvalue weighted by molar-refractivity contribution is 7.85. The normalized spacial score (nSPS) is 13.4. The predicted molar refractivity (Wildman–Crippen MR) is 102 cm³/mol. The summed E-state index contributed by atoms with van der Waals surface area (Å²) in [4.78, 5) is 4.55. The minimum atomic E-state index is -1.43. The van der Waals surface area contributed by atoms with Crippen molar-refractivity contribution in [1.29, 1.82) is 0 Å². The first-order valence-corrected chi connectivity index (χ1v) is 9.04. The molecule has 1 aromatic heterocycles. The third-order valence-corrected chi connectivity index (χ3v) is 4.89. The Kier molecular flexibility index (Phi) is 5.95. The van der Waals surface area contributed by atoms with Crippen molar-refractivity contribution in [3.05, 3.63) is 53.3 Å². The third-order valence-electron chi connectivity index (χ3n) is 3.49. The van der Waals surface area contributed by atoms with Gasteiger partial charge in [0.15, 0.2) is 0 Å². The number of nitrogens with zero attached hydrogens (tertiary/aromatic N) is 2. The van der Waals surface area contributed by atoms with Crippen molar-refractivity contribution in [2.75, 3.05) is 14.2 Å². The van der Waals surface area contributed by atoms with E-state index in [2.05, 4.69) is 9.38 Å². The number of rotatable bonds is 5. The Morgan fingerprint density at radius 3 is 2.40 bits per heavy atom. The largest absolute Gasteiger partial charge is 0.497 e. The van der Waals surface area contributed by atoms with Gasteiger partial charge in [0.1, 0.15) is 28.2 Å². The van der Waals surface area contributed by atoms with Crippen LogP contribution in [-0.4, -0.2) is 33.9 Å². The van der Waals surface area contributed by atoms with Gasteiger partial charge in [-0.25, -0.2) is 4.21 Å². The average Bonchev–Trinajstić information content (AvgIpc) is 2.58. The molecule has 134 valence electrons. The number of methoxy groups -OCH3 is 2. The molecule has 0 aliphatic rings. The zero-order valence-electron chi connectivity index (χ0n) is 15.5. The maximum atomic E-state index is 12.7. The molecular formula is C19H24N2O3S. The van der Waals surface area contributed by atoms with Crippen LogP contribution in [0.4, 0.5) is 0 Å². The first-order chi connectivity index (χ1) is 11.8. The van der Waals surface area contributed by atoms with Crippen LogP contribution < -0.4 is 9.47 Å². The van der Waals surface area contributed by atoms with E-state index in [1.807, 2.05) is 58.0 Å². The number of aryl methyl sites for hydroxylation is 1. The van der Waals surface area contributed by atoms with Gasteiger partial charge >= 0.3 is 0 Å². The molecule has 0 fully saturated rings. The molecule has 0 saturated heterocycles. The van der Waals surface area contributed by atoms with Gasteiger partial charge in [0.25, 0.3) is 0 Å². The topological polar surface area (TPSA) is 60.8 Å². The van der Waals surface area contributed by atoms with Crippen LogP contribution in [0.5, 0.6) is 11.5 Å². The lowest BCUT2D eigenvalue weighted by atomic mass is 10.1. The molecule has 2 aromatic rings. The van der Waals surface area contributed by atoms with Crippen LogP contribution in [0.1, 0.15) is 37.7 Å². The van der Waals surface area contributed by atoms with Gasteiger partial charge in [-0.05, 0) is 52.0 Å². The molecule has 0 bridgehead atoms. The number of pyridine rings is 1. The monoisotopic (exact) mass is 360 g/mol. The lowest BCUT2D eigenvalue weighted by Crippen LogP contribution is -2.22. The highest BCUT2D eigenvalue weighted by Gasteiger charge is 2.23. The summed E-state index contributed by atoms with van der Waals surface area (Å²) >= 11 is 0. The van der Waals surface area contributed by atoms with E-state index < -0.39 is 15.7 Å². The molecule has 0 aliphatic carbocycles. The molecule has 0 aliphatic heterocycles. The highest BCUT2D eigenvalue weighted by atomic mass is 32.2. The first kappa shape index (κ1) is 19.1. The Morgan fingerprint density at radius 1 is 1.12 bits per heavy atom. The molecule has 0 saturated carbocycles. The van der Waals surface area contributed by atoms with Gasteiger partial charge in [-0.2, -0.15) is 4.40 Å². The van der Waals surface area contributed by atoms with Crippen molar-refractivity contribution in [3.63, 3.8) is 0 Å². The summed E-state index contributed by atoms with van der Waals surface area (Å²) < 4.78 is 27.4. The van der Waals surface area contributed by atoms with E-state index in [1.165, 1.54) is 0 Å². The Labute approximate surface area is 151 Å². The van der Waals surface area contributed by atoms with Crippen molar-refractivity contribution in [3.8, 4) is 11.5 Å². The minimum absolute atomic E-state index is 0.477. The molecule has 0 radical (unpaired) electrons. The van der Waals surface area contributed by atoms with E-state index >= 15 is 0 Å². The van der Waals surface area contributed by atoms with Gasteiger partial charge in [-0.3, -0.25) is 4.98 Å². The number of aromatic nitrogens is 1. The molecular weight excluding hydrogens is 336 g/mol. The molecule has 1 aromatic carbocycles. The summed E-state index contributed by atoms with van der Waals surface area (Å²) in [6.45, 7) is 7.57. The molecule has 1 heterocycles. The van der Waals surface area contributed by atoms with Gasteiger partial charge in [0.2, 0.25) is 0 Å². The van der Waals surface area contributed by atoms with Crippen LogP contribution in [0.15, 0.2) is 40.8 Å². The molecule has 0 N–H and O–H groups in total. The SMILES string of the molecule is COc1ccc(/C(=N/S(=O)C(C)(C)C)c2cccc(C)n2)c(OC)c1. The highest BCUT2D eigenvalue weighted by Crippen LogP contribution is 2.28. The second kappa shape index (κ2) is 7.78. The van der Waals surface area contributed by atoms with Crippen molar-refractivity contribution in [2.24, 2.45) is 4.40 Å². The van der Waals surface area contributed by atoms with Crippen LogP contribution in [0.2, 0.25) is 0 Å². The molecule has 1 unspecified atom stereocenters. The van der Waals surface area contributed by atoms with Crippen LogP contribution in [0, 0.1) is 6.92 Å². The molecule has 5 nitrogen and oxygen atoms in total. The molecule has 1 atom stereocenters. The number of benzene rings is 1. The first-order valence-electron chi connectivity index (χ1n) is 7.93. The second-order valence-corrected chi connectivity index (χ2v) is 8.44. The second-order valence-electron chi connectivity index (χ2n) is 6.53. The Bertz CT molecular complexity index is 811. The Balaban J connectivity index is 2.68. The fourth-order valence-corrected chi connectivity index (χ4v) is 2.75. The maximum absolute atomic E-state index is 12.7. The van der Waals surface area contributed by atoms with E-state index in [1.54, 1.807) is 20.3 Å². The van der Waals surface area contributed by atoms with Crippen LogP contribution in [0.3, 0.4) is 0 Å². The van der Waals surface area contributed by atoms with Crippen molar-refractivity contribution in [1.82, 2.24) is 4.98 Å². The number of ether oxygens (including phenoxy) is 2. The fraction of sp³-hybridized carbons (Fsp3) is 0.368. The van der Waals surface area contributed by atoms with E-state index in [9.17, 15) is 4.21 Å². The fourth-order valence-electron chi connectivity index (χ4n) is 2.12. The van der Waals surface area contributed by atoms with E-state index in [0.717, 1.165) is 11.3 Å². The van der Waals surface area contributed by atoms with Crippen LogP contribution in [0.25, 0.3) is 0 Å². The predicted octanol–water partition coefficient (Wildman–Crippen LogP) is 3.71. The molecule has 0 spiro atoms. The summed E-state index contributed by atoms with van der Waals surface area (Å²) in [5.41, 5.74) is 2.77. The summed E-state index contributed by atoms with van der Waals surface area (Å²) in [7, 11) is 1.75. The minimum Gasteiger partial charge on any atom is -0.497 e. The zero-order chi connectivity index (χ0) is 18.6. The molecule has 6 heteroatoms. The molecule has 0 amide bonds. The number of hydrogen-bond donors (Lipinski definition) is 0.